The lowest BCUT2D eigenvalue weighted by atomic mass is 10.1. The van der Waals surface area contributed by atoms with Gasteiger partial charge in [0.25, 0.3) is 0 Å². The summed E-state index contributed by atoms with van der Waals surface area (Å²) in [7, 11) is 1.29. The quantitative estimate of drug-likeness (QED) is 0.351. The van der Waals surface area contributed by atoms with Crippen molar-refractivity contribution in [3.8, 4) is 0 Å². The van der Waals surface area contributed by atoms with E-state index in [1.54, 1.807) is 0 Å². The SMILES string of the molecule is CCC(Sc1nc(N)cc(N)n1)C(=O)NC(Cc1ccccc1)C(=O)OC. The number of amides is 1. The van der Waals surface area contributed by atoms with Crippen LogP contribution in [0.2, 0.25) is 0 Å². The number of hydrogen-bond donors (Lipinski definition) is 3. The zero-order valence-electron chi connectivity index (χ0n) is 15.2. The van der Waals surface area contributed by atoms with Gasteiger partial charge >= 0.3 is 5.97 Å². The van der Waals surface area contributed by atoms with Gasteiger partial charge in [-0.1, -0.05) is 49.0 Å². The highest BCUT2D eigenvalue weighted by molar-refractivity contribution is 8.00. The van der Waals surface area contributed by atoms with E-state index in [-0.39, 0.29) is 17.5 Å². The number of carbonyl (C=O) groups excluding carboxylic acids is 2. The van der Waals surface area contributed by atoms with Gasteiger partial charge in [0.15, 0.2) is 5.16 Å². The van der Waals surface area contributed by atoms with Crippen LogP contribution in [0, 0.1) is 0 Å². The number of thioether (sulfide) groups is 1. The summed E-state index contributed by atoms with van der Waals surface area (Å²) in [6, 6.07) is 10.1. The summed E-state index contributed by atoms with van der Waals surface area (Å²) < 4.78 is 4.83. The van der Waals surface area contributed by atoms with E-state index in [0.29, 0.717) is 18.0 Å². The van der Waals surface area contributed by atoms with Crippen molar-refractivity contribution in [1.82, 2.24) is 15.3 Å². The largest absolute Gasteiger partial charge is 0.467 e. The molecule has 0 aliphatic heterocycles. The average Bonchev–Trinajstić information content (AvgIpc) is 2.64. The molecule has 2 aromatic rings. The van der Waals surface area contributed by atoms with Gasteiger partial charge in [-0.25, -0.2) is 14.8 Å². The molecule has 1 aromatic carbocycles. The van der Waals surface area contributed by atoms with Gasteiger partial charge in [0.1, 0.15) is 17.7 Å². The third-order valence-electron chi connectivity index (χ3n) is 3.74. The Labute approximate surface area is 162 Å². The number of carbonyl (C=O) groups is 2. The Morgan fingerprint density at radius 1 is 1.19 bits per heavy atom. The van der Waals surface area contributed by atoms with Crippen molar-refractivity contribution in [3.63, 3.8) is 0 Å². The molecule has 8 nitrogen and oxygen atoms in total. The standard InChI is InChI=1S/C18H23N5O3S/c1-3-13(27-18-22-14(19)10-15(20)23-18)16(24)21-12(17(25)26-2)9-11-7-5-4-6-8-11/h4-8,10,12-13H,3,9H2,1-2H3,(H,21,24)(H4,19,20,22,23). The molecule has 2 atom stereocenters. The number of ether oxygens (including phenoxy) is 1. The van der Waals surface area contributed by atoms with Crippen LogP contribution in [0.3, 0.4) is 0 Å². The first-order valence-electron chi connectivity index (χ1n) is 8.41. The van der Waals surface area contributed by atoms with Crippen molar-refractivity contribution in [1.29, 1.82) is 0 Å². The molecular formula is C18H23N5O3S. The number of methoxy groups -OCH3 is 1. The molecule has 0 saturated heterocycles. The molecule has 5 N–H and O–H groups in total. The van der Waals surface area contributed by atoms with Crippen LogP contribution >= 0.6 is 11.8 Å². The molecule has 0 bridgehead atoms. The molecule has 27 heavy (non-hydrogen) atoms. The predicted molar refractivity (Wildman–Crippen MR) is 105 cm³/mol. The zero-order chi connectivity index (χ0) is 19.8. The highest BCUT2D eigenvalue weighted by atomic mass is 32.2. The first-order valence-corrected chi connectivity index (χ1v) is 9.29. The molecule has 0 radical (unpaired) electrons. The number of nitrogens with one attached hydrogen (secondary N) is 1. The van der Waals surface area contributed by atoms with Crippen LogP contribution in [-0.4, -0.2) is 40.2 Å². The molecule has 2 rings (SSSR count). The smallest absolute Gasteiger partial charge is 0.328 e. The highest BCUT2D eigenvalue weighted by Crippen LogP contribution is 2.24. The molecule has 0 saturated carbocycles. The summed E-state index contributed by atoms with van der Waals surface area (Å²) in [5, 5.41) is 2.57. The van der Waals surface area contributed by atoms with E-state index in [1.807, 2.05) is 37.3 Å². The lowest BCUT2D eigenvalue weighted by Gasteiger charge is -2.20. The Balaban J connectivity index is 2.10. The van der Waals surface area contributed by atoms with Crippen molar-refractivity contribution in [2.75, 3.05) is 18.6 Å². The number of aromatic nitrogens is 2. The van der Waals surface area contributed by atoms with Crippen LogP contribution in [0.5, 0.6) is 0 Å². The fourth-order valence-electron chi connectivity index (χ4n) is 2.41. The minimum Gasteiger partial charge on any atom is -0.467 e. The molecule has 1 heterocycles. The van der Waals surface area contributed by atoms with E-state index in [1.165, 1.54) is 13.2 Å². The Morgan fingerprint density at radius 3 is 2.37 bits per heavy atom. The fraction of sp³-hybridized carbons (Fsp3) is 0.333. The van der Waals surface area contributed by atoms with Crippen molar-refractivity contribution in [2.45, 2.75) is 36.2 Å². The maximum atomic E-state index is 12.7. The van der Waals surface area contributed by atoms with Gasteiger partial charge in [-0.15, -0.1) is 0 Å². The Hall–Kier alpha value is -2.81. The third kappa shape index (κ3) is 6.14. The maximum absolute atomic E-state index is 12.7. The van der Waals surface area contributed by atoms with Crippen LogP contribution in [0.1, 0.15) is 18.9 Å². The normalized spacial score (nSPS) is 12.8. The van der Waals surface area contributed by atoms with Gasteiger partial charge in [0.2, 0.25) is 5.91 Å². The van der Waals surface area contributed by atoms with Gasteiger partial charge in [0.05, 0.1) is 12.4 Å². The first-order chi connectivity index (χ1) is 12.9. The summed E-state index contributed by atoms with van der Waals surface area (Å²) in [6.45, 7) is 1.86. The molecule has 2 unspecified atom stereocenters. The number of esters is 1. The van der Waals surface area contributed by atoms with E-state index in [9.17, 15) is 9.59 Å². The summed E-state index contributed by atoms with van der Waals surface area (Å²) in [4.78, 5) is 33.0. The number of benzene rings is 1. The monoisotopic (exact) mass is 389 g/mol. The molecule has 0 aliphatic rings. The number of anilines is 2. The minimum atomic E-state index is -0.786. The molecule has 1 amide bonds. The second-order valence-corrected chi connectivity index (χ2v) is 6.96. The second-order valence-electron chi connectivity index (χ2n) is 5.79. The number of hydrogen-bond acceptors (Lipinski definition) is 8. The maximum Gasteiger partial charge on any atom is 0.328 e. The predicted octanol–water partition coefficient (Wildman–Crippen LogP) is 1.41. The highest BCUT2D eigenvalue weighted by Gasteiger charge is 2.27. The van der Waals surface area contributed by atoms with Crippen LogP contribution in [0.15, 0.2) is 41.6 Å². The summed E-state index contributed by atoms with van der Waals surface area (Å²) in [5.41, 5.74) is 12.3. The van der Waals surface area contributed by atoms with Crippen molar-refractivity contribution in [3.05, 3.63) is 42.0 Å². The second kappa shape index (κ2) is 9.77. The minimum absolute atomic E-state index is 0.233. The van der Waals surface area contributed by atoms with Crippen LogP contribution in [-0.2, 0) is 20.7 Å². The van der Waals surface area contributed by atoms with Crippen molar-refractivity contribution >= 4 is 35.3 Å². The van der Waals surface area contributed by atoms with Crippen molar-refractivity contribution in [2.24, 2.45) is 0 Å². The third-order valence-corrected chi connectivity index (χ3v) is 4.97. The molecule has 0 fully saturated rings. The first kappa shape index (κ1) is 20.5. The van der Waals surface area contributed by atoms with Crippen LogP contribution in [0.25, 0.3) is 0 Å². The molecule has 9 heteroatoms. The van der Waals surface area contributed by atoms with E-state index < -0.39 is 17.3 Å². The van der Waals surface area contributed by atoms with Gasteiger partial charge in [-0.3, -0.25) is 4.79 Å². The van der Waals surface area contributed by atoms with E-state index in [2.05, 4.69) is 15.3 Å². The average molecular weight is 389 g/mol. The van der Waals surface area contributed by atoms with Gasteiger partial charge in [-0.05, 0) is 12.0 Å². The lowest BCUT2D eigenvalue weighted by Crippen LogP contribution is -2.46. The number of nitrogens with two attached hydrogens (primary N) is 2. The van der Waals surface area contributed by atoms with Crippen molar-refractivity contribution < 1.29 is 14.3 Å². The topological polar surface area (TPSA) is 133 Å². The van der Waals surface area contributed by atoms with Gasteiger partial charge < -0.3 is 21.5 Å². The fourth-order valence-corrected chi connectivity index (χ4v) is 3.33. The van der Waals surface area contributed by atoms with Gasteiger partial charge in [-0.2, -0.15) is 0 Å². The van der Waals surface area contributed by atoms with Crippen LogP contribution < -0.4 is 16.8 Å². The number of rotatable bonds is 8. The number of nitrogen functional groups attached to an aromatic ring is 2. The summed E-state index contributed by atoms with van der Waals surface area (Å²) >= 11 is 1.15. The molecule has 1 aromatic heterocycles. The molecule has 0 aliphatic carbocycles. The Morgan fingerprint density at radius 2 is 1.81 bits per heavy atom. The van der Waals surface area contributed by atoms with Gasteiger partial charge in [0, 0.05) is 12.5 Å². The lowest BCUT2D eigenvalue weighted by molar-refractivity contribution is -0.145. The Kier molecular flexibility index (Phi) is 7.42. The zero-order valence-corrected chi connectivity index (χ0v) is 16.0. The Bertz CT molecular complexity index is 768. The summed E-state index contributed by atoms with van der Waals surface area (Å²) in [5.74, 6) is -0.344. The van der Waals surface area contributed by atoms with E-state index in [4.69, 9.17) is 16.2 Å². The van der Waals surface area contributed by atoms with E-state index in [0.717, 1.165) is 17.3 Å². The molecule has 0 spiro atoms. The van der Waals surface area contributed by atoms with E-state index >= 15 is 0 Å². The summed E-state index contributed by atoms with van der Waals surface area (Å²) in [6.07, 6.45) is 0.843. The molecular weight excluding hydrogens is 366 g/mol. The molecule has 144 valence electrons. The number of nitrogens with zero attached hydrogens (tertiary/aromatic N) is 2. The van der Waals surface area contributed by atoms with Crippen LogP contribution in [0.4, 0.5) is 11.6 Å².